The van der Waals surface area contributed by atoms with Gasteiger partial charge in [-0.3, -0.25) is 9.79 Å². The molecule has 3 N–H and O–H groups in total. The smallest absolute Gasteiger partial charge is 0.225 e. The number of halogens is 1. The Labute approximate surface area is 178 Å². The molecule has 0 fully saturated rings. The Morgan fingerprint density at radius 2 is 1.85 bits per heavy atom. The van der Waals surface area contributed by atoms with Crippen molar-refractivity contribution in [3.05, 3.63) is 18.2 Å². The highest BCUT2D eigenvalue weighted by Gasteiger charge is 2.20. The molecule has 8 heteroatoms. The number of hydrogen-bond donors (Lipinski definition) is 3. The maximum Gasteiger partial charge on any atom is 0.225 e. The topological polar surface area (TPSA) is 84.0 Å². The zero-order valence-corrected chi connectivity index (χ0v) is 18.9. The van der Waals surface area contributed by atoms with Crippen LogP contribution >= 0.6 is 24.0 Å². The Morgan fingerprint density at radius 1 is 1.15 bits per heavy atom. The first-order valence-corrected chi connectivity index (χ1v) is 9.13. The second-order valence-corrected chi connectivity index (χ2v) is 7.10. The van der Waals surface area contributed by atoms with Gasteiger partial charge in [0.2, 0.25) is 5.91 Å². The molecule has 0 saturated heterocycles. The van der Waals surface area contributed by atoms with Crippen LogP contribution in [0.3, 0.4) is 0 Å². The minimum absolute atomic E-state index is 0. The van der Waals surface area contributed by atoms with Gasteiger partial charge in [0.15, 0.2) is 17.5 Å². The number of nitrogens with zero attached hydrogens (tertiary/aromatic N) is 1. The minimum Gasteiger partial charge on any atom is -0.490 e. The van der Waals surface area contributed by atoms with E-state index in [2.05, 4.69) is 20.9 Å². The molecule has 1 amide bonds. The molecule has 27 heavy (non-hydrogen) atoms. The van der Waals surface area contributed by atoms with E-state index in [-0.39, 0.29) is 29.9 Å². The number of anilines is 1. The van der Waals surface area contributed by atoms with E-state index in [1.807, 2.05) is 45.9 Å². The molecular formula is C19H31IN4O3. The van der Waals surface area contributed by atoms with Crippen molar-refractivity contribution in [3.63, 3.8) is 0 Å². The molecule has 0 aliphatic carbocycles. The third kappa shape index (κ3) is 7.82. The molecule has 1 aliphatic rings. The van der Waals surface area contributed by atoms with Gasteiger partial charge in [0.05, 0.1) is 19.8 Å². The van der Waals surface area contributed by atoms with Crippen LogP contribution in [-0.4, -0.2) is 44.7 Å². The summed E-state index contributed by atoms with van der Waals surface area (Å²) >= 11 is 0. The van der Waals surface area contributed by atoms with Crippen LogP contribution in [0.15, 0.2) is 23.2 Å². The zero-order chi connectivity index (χ0) is 19.0. The Hall–Kier alpha value is -1.71. The van der Waals surface area contributed by atoms with Gasteiger partial charge in [-0.25, -0.2) is 0 Å². The van der Waals surface area contributed by atoms with Crippen LogP contribution in [0.5, 0.6) is 11.5 Å². The Bertz CT molecular complexity index is 644. The predicted molar refractivity (Wildman–Crippen MR) is 120 cm³/mol. The first kappa shape index (κ1) is 23.3. The summed E-state index contributed by atoms with van der Waals surface area (Å²) in [5.41, 5.74) is 0.476. The lowest BCUT2D eigenvalue weighted by atomic mass is 9.96. The fourth-order valence-electron chi connectivity index (χ4n) is 2.29. The first-order chi connectivity index (χ1) is 12.4. The summed E-state index contributed by atoms with van der Waals surface area (Å²) in [7, 11) is 0. The van der Waals surface area contributed by atoms with Crippen molar-refractivity contribution in [1.29, 1.82) is 0 Å². The fourth-order valence-corrected chi connectivity index (χ4v) is 2.29. The minimum atomic E-state index is -0.392. The quantitative estimate of drug-likeness (QED) is 0.256. The van der Waals surface area contributed by atoms with Crippen LogP contribution in [-0.2, 0) is 4.79 Å². The number of rotatable bonds is 5. The summed E-state index contributed by atoms with van der Waals surface area (Å²) in [6, 6.07) is 5.74. The standard InChI is InChI=1S/C19H30N4O3.HI/c1-5-20-18(22-10-9-21-17(24)19(2,3)4)23-14-7-8-15-16(13-14)26-12-6-11-25-15;/h7-8,13H,5-6,9-12H2,1-4H3,(H,21,24)(H2,20,22,23);1H. The lowest BCUT2D eigenvalue weighted by Gasteiger charge is -2.17. The summed E-state index contributed by atoms with van der Waals surface area (Å²) in [6.45, 7) is 10.7. The molecule has 0 atom stereocenters. The van der Waals surface area contributed by atoms with E-state index in [1.165, 1.54) is 0 Å². The van der Waals surface area contributed by atoms with Gasteiger partial charge in [-0.15, -0.1) is 24.0 Å². The average molecular weight is 490 g/mol. The third-order valence-corrected chi connectivity index (χ3v) is 3.70. The van der Waals surface area contributed by atoms with Crippen LogP contribution in [0.25, 0.3) is 0 Å². The number of hydrogen-bond acceptors (Lipinski definition) is 4. The van der Waals surface area contributed by atoms with Gasteiger partial charge in [-0.1, -0.05) is 20.8 Å². The number of aliphatic imine (C=N–C) groups is 1. The van der Waals surface area contributed by atoms with Crippen molar-refractivity contribution in [1.82, 2.24) is 10.6 Å². The molecule has 2 rings (SSSR count). The molecule has 1 aliphatic heterocycles. The lowest BCUT2D eigenvalue weighted by molar-refractivity contribution is -0.128. The molecule has 0 radical (unpaired) electrons. The van der Waals surface area contributed by atoms with Gasteiger partial charge in [0, 0.05) is 36.7 Å². The monoisotopic (exact) mass is 490 g/mol. The molecule has 0 aromatic heterocycles. The Morgan fingerprint density at radius 3 is 2.52 bits per heavy atom. The van der Waals surface area contributed by atoms with Crippen molar-refractivity contribution in [2.24, 2.45) is 10.4 Å². The van der Waals surface area contributed by atoms with Crippen LogP contribution in [0.1, 0.15) is 34.1 Å². The summed E-state index contributed by atoms with van der Waals surface area (Å²) in [4.78, 5) is 16.4. The largest absolute Gasteiger partial charge is 0.490 e. The Balaban J connectivity index is 0.00000364. The number of carbonyl (C=O) groups is 1. The van der Waals surface area contributed by atoms with Gasteiger partial charge in [0.1, 0.15) is 0 Å². The van der Waals surface area contributed by atoms with Gasteiger partial charge < -0.3 is 25.4 Å². The zero-order valence-electron chi connectivity index (χ0n) is 16.6. The summed E-state index contributed by atoms with van der Waals surface area (Å²) in [6.07, 6.45) is 0.877. The van der Waals surface area contributed by atoms with E-state index in [4.69, 9.17) is 9.47 Å². The van der Waals surface area contributed by atoms with Crippen molar-refractivity contribution >= 4 is 41.5 Å². The SMILES string of the molecule is CCNC(=NCCNC(=O)C(C)(C)C)Nc1ccc2c(c1)OCCCO2.I. The van der Waals surface area contributed by atoms with Gasteiger partial charge in [-0.2, -0.15) is 0 Å². The second kappa shape index (κ2) is 11.2. The lowest BCUT2D eigenvalue weighted by Crippen LogP contribution is -2.37. The average Bonchev–Trinajstić information content (AvgIpc) is 2.82. The highest BCUT2D eigenvalue weighted by atomic mass is 127. The van der Waals surface area contributed by atoms with E-state index in [9.17, 15) is 4.79 Å². The molecule has 0 spiro atoms. The summed E-state index contributed by atoms with van der Waals surface area (Å²) in [5, 5.41) is 9.35. The van der Waals surface area contributed by atoms with Crippen molar-refractivity contribution in [2.45, 2.75) is 34.1 Å². The molecule has 1 aromatic rings. The molecule has 1 heterocycles. The van der Waals surface area contributed by atoms with Gasteiger partial charge >= 0.3 is 0 Å². The van der Waals surface area contributed by atoms with Crippen molar-refractivity contribution in [2.75, 3.05) is 38.2 Å². The Kier molecular flexibility index (Phi) is 9.68. The number of ether oxygens (including phenoxy) is 2. The number of benzene rings is 1. The maximum atomic E-state index is 11.9. The van der Waals surface area contributed by atoms with E-state index in [1.54, 1.807) is 0 Å². The van der Waals surface area contributed by atoms with E-state index < -0.39 is 5.41 Å². The highest BCUT2D eigenvalue weighted by Crippen LogP contribution is 2.32. The molecule has 0 unspecified atom stereocenters. The van der Waals surface area contributed by atoms with E-state index in [0.29, 0.717) is 32.3 Å². The van der Waals surface area contributed by atoms with Crippen LogP contribution in [0.4, 0.5) is 5.69 Å². The first-order valence-electron chi connectivity index (χ1n) is 9.13. The number of nitrogens with one attached hydrogen (secondary N) is 3. The molecule has 152 valence electrons. The van der Waals surface area contributed by atoms with Crippen LogP contribution < -0.4 is 25.4 Å². The van der Waals surface area contributed by atoms with Gasteiger partial charge in [-0.05, 0) is 19.1 Å². The van der Waals surface area contributed by atoms with Crippen LogP contribution in [0.2, 0.25) is 0 Å². The van der Waals surface area contributed by atoms with Crippen molar-refractivity contribution in [3.8, 4) is 11.5 Å². The van der Waals surface area contributed by atoms with Crippen LogP contribution in [0, 0.1) is 5.41 Å². The molecule has 1 aromatic carbocycles. The molecule has 0 saturated carbocycles. The molecular weight excluding hydrogens is 459 g/mol. The van der Waals surface area contributed by atoms with E-state index in [0.717, 1.165) is 30.2 Å². The predicted octanol–water partition coefficient (Wildman–Crippen LogP) is 3.01. The van der Waals surface area contributed by atoms with Crippen molar-refractivity contribution < 1.29 is 14.3 Å². The number of guanidine groups is 1. The van der Waals surface area contributed by atoms with Gasteiger partial charge in [0.25, 0.3) is 0 Å². The highest BCUT2D eigenvalue weighted by molar-refractivity contribution is 14.0. The number of amides is 1. The van der Waals surface area contributed by atoms with E-state index >= 15 is 0 Å². The maximum absolute atomic E-state index is 11.9. The normalized spacial score (nSPS) is 13.9. The number of carbonyl (C=O) groups excluding carboxylic acids is 1. The second-order valence-electron chi connectivity index (χ2n) is 7.10. The molecule has 7 nitrogen and oxygen atoms in total. The summed E-state index contributed by atoms with van der Waals surface area (Å²) < 4.78 is 11.4. The fraction of sp³-hybridized carbons (Fsp3) is 0.579. The molecule has 0 bridgehead atoms. The number of fused-ring (bicyclic) bond motifs is 1. The summed E-state index contributed by atoms with van der Waals surface area (Å²) in [5.74, 6) is 2.18. The third-order valence-electron chi connectivity index (χ3n) is 3.70.